The van der Waals surface area contributed by atoms with Crippen molar-refractivity contribution in [1.29, 1.82) is 0 Å². The predicted octanol–water partition coefficient (Wildman–Crippen LogP) is 4.13. The minimum Gasteiger partial charge on any atom is -0.482 e. The van der Waals surface area contributed by atoms with Gasteiger partial charge in [-0.1, -0.05) is 6.92 Å². The van der Waals surface area contributed by atoms with Crippen LogP contribution in [0.1, 0.15) is 101 Å². The molecule has 1 saturated carbocycles. The van der Waals surface area contributed by atoms with Gasteiger partial charge in [0.05, 0.1) is 17.5 Å². The number of hydrogen-bond donors (Lipinski definition) is 2. The molecule has 12 nitrogen and oxygen atoms in total. The third-order valence-electron chi connectivity index (χ3n) is 8.57. The van der Waals surface area contributed by atoms with E-state index in [0.717, 1.165) is 30.5 Å². The third kappa shape index (κ3) is 7.67. The summed E-state index contributed by atoms with van der Waals surface area (Å²) >= 11 is 0. The molecule has 2 fully saturated rings. The average Bonchev–Trinajstić information content (AvgIpc) is 3.88. The molecule has 1 saturated heterocycles. The van der Waals surface area contributed by atoms with Gasteiger partial charge >= 0.3 is 0 Å². The Morgan fingerprint density at radius 2 is 1.76 bits per heavy atom. The molecule has 244 valence electrons. The van der Waals surface area contributed by atoms with Gasteiger partial charge in [-0.3, -0.25) is 29.3 Å². The molecule has 12 heteroatoms. The number of aromatic nitrogens is 4. The lowest BCUT2D eigenvalue weighted by Crippen LogP contribution is -2.54. The van der Waals surface area contributed by atoms with Crippen LogP contribution in [0, 0.1) is 20.8 Å². The SMILES string of the molecule is CCCC(=O)N1CCN(C[C@H](Oc2cc(C)c(C(=O)Nc3nc(C)ncc3C)cc2C(=O)NC)c2cnc(C3CC3)cn2)C[C@H]1C. The van der Waals surface area contributed by atoms with E-state index in [1.54, 1.807) is 45.4 Å². The molecular formula is C34H44N8O4. The van der Waals surface area contributed by atoms with Gasteiger partial charge in [-0.2, -0.15) is 0 Å². The van der Waals surface area contributed by atoms with Crippen molar-refractivity contribution in [2.24, 2.45) is 0 Å². The van der Waals surface area contributed by atoms with E-state index in [2.05, 4.69) is 32.4 Å². The molecule has 5 rings (SSSR count). The van der Waals surface area contributed by atoms with Gasteiger partial charge in [-0.15, -0.1) is 0 Å². The first-order valence-corrected chi connectivity index (χ1v) is 16.1. The van der Waals surface area contributed by atoms with Crippen LogP contribution in [0.3, 0.4) is 0 Å². The topological polar surface area (TPSA) is 143 Å². The Bertz CT molecular complexity index is 1590. The molecule has 0 spiro atoms. The molecule has 2 aliphatic rings. The van der Waals surface area contributed by atoms with Crippen LogP contribution in [0.4, 0.5) is 5.82 Å². The Morgan fingerprint density at radius 1 is 0.978 bits per heavy atom. The Labute approximate surface area is 270 Å². The Kier molecular flexibility index (Phi) is 10.3. The number of ether oxygens (including phenoxy) is 1. The van der Waals surface area contributed by atoms with Crippen molar-refractivity contribution in [2.75, 3.05) is 38.5 Å². The van der Waals surface area contributed by atoms with Gasteiger partial charge in [0.2, 0.25) is 5.91 Å². The van der Waals surface area contributed by atoms with Crippen molar-refractivity contribution in [2.45, 2.75) is 78.4 Å². The molecule has 2 aromatic heterocycles. The largest absolute Gasteiger partial charge is 0.482 e. The fourth-order valence-electron chi connectivity index (χ4n) is 5.78. The van der Waals surface area contributed by atoms with Crippen LogP contribution in [0.25, 0.3) is 0 Å². The molecule has 0 bridgehead atoms. The van der Waals surface area contributed by atoms with Gasteiger partial charge in [-0.25, -0.2) is 9.97 Å². The van der Waals surface area contributed by atoms with Crippen LogP contribution in [-0.4, -0.2) is 86.7 Å². The number of carbonyl (C=O) groups excluding carboxylic acids is 3. The van der Waals surface area contributed by atoms with E-state index >= 15 is 0 Å². The second kappa shape index (κ2) is 14.3. The lowest BCUT2D eigenvalue weighted by Gasteiger charge is -2.41. The van der Waals surface area contributed by atoms with E-state index in [0.29, 0.717) is 72.7 Å². The first-order valence-electron chi connectivity index (χ1n) is 16.1. The summed E-state index contributed by atoms with van der Waals surface area (Å²) in [6.45, 7) is 12.0. The number of amides is 3. The minimum absolute atomic E-state index is 0.0561. The van der Waals surface area contributed by atoms with Crippen LogP contribution < -0.4 is 15.4 Å². The highest BCUT2D eigenvalue weighted by molar-refractivity contribution is 6.07. The summed E-state index contributed by atoms with van der Waals surface area (Å²) in [7, 11) is 1.54. The van der Waals surface area contributed by atoms with E-state index < -0.39 is 12.0 Å². The summed E-state index contributed by atoms with van der Waals surface area (Å²) in [5.41, 5.74) is 3.54. The Hall–Kier alpha value is -4.45. The number of anilines is 1. The summed E-state index contributed by atoms with van der Waals surface area (Å²) < 4.78 is 6.65. The number of rotatable bonds is 11. The maximum Gasteiger partial charge on any atom is 0.257 e. The van der Waals surface area contributed by atoms with E-state index in [1.807, 2.05) is 24.9 Å². The zero-order chi connectivity index (χ0) is 33.0. The lowest BCUT2D eigenvalue weighted by atomic mass is 10.0. The fourth-order valence-corrected chi connectivity index (χ4v) is 5.78. The van der Waals surface area contributed by atoms with E-state index in [9.17, 15) is 14.4 Å². The van der Waals surface area contributed by atoms with Gasteiger partial charge < -0.3 is 20.3 Å². The summed E-state index contributed by atoms with van der Waals surface area (Å²) in [5.74, 6) is 1.16. The molecular weight excluding hydrogens is 584 g/mol. The highest BCUT2D eigenvalue weighted by atomic mass is 16.5. The molecule has 3 aromatic rings. The molecule has 2 N–H and O–H groups in total. The number of aryl methyl sites for hydroxylation is 3. The van der Waals surface area contributed by atoms with E-state index in [4.69, 9.17) is 14.7 Å². The van der Waals surface area contributed by atoms with Crippen molar-refractivity contribution < 1.29 is 19.1 Å². The summed E-state index contributed by atoms with van der Waals surface area (Å²) in [6, 6.07) is 3.34. The summed E-state index contributed by atoms with van der Waals surface area (Å²) in [4.78, 5) is 61.5. The molecule has 0 unspecified atom stereocenters. The predicted molar refractivity (Wildman–Crippen MR) is 174 cm³/mol. The number of benzene rings is 1. The third-order valence-corrected chi connectivity index (χ3v) is 8.57. The first kappa shape index (κ1) is 32.9. The van der Waals surface area contributed by atoms with Gasteiger partial charge in [-0.05, 0) is 64.7 Å². The van der Waals surface area contributed by atoms with Crippen LogP contribution in [0.15, 0.2) is 30.7 Å². The van der Waals surface area contributed by atoms with Gasteiger partial charge in [0.1, 0.15) is 23.1 Å². The molecule has 1 aromatic carbocycles. The molecule has 46 heavy (non-hydrogen) atoms. The molecule has 1 aliphatic carbocycles. The second-order valence-corrected chi connectivity index (χ2v) is 12.3. The molecule has 0 radical (unpaired) electrons. The Balaban J connectivity index is 1.43. The highest BCUT2D eigenvalue weighted by Crippen LogP contribution is 2.39. The maximum atomic E-state index is 13.4. The van der Waals surface area contributed by atoms with Crippen LogP contribution >= 0.6 is 0 Å². The Morgan fingerprint density at radius 3 is 2.41 bits per heavy atom. The van der Waals surface area contributed by atoms with E-state index in [-0.39, 0.29) is 23.4 Å². The quantitative estimate of drug-likeness (QED) is 0.320. The monoisotopic (exact) mass is 628 g/mol. The fraction of sp³-hybridized carbons (Fsp3) is 0.500. The molecule has 2 atom stereocenters. The van der Waals surface area contributed by atoms with E-state index in [1.165, 1.54) is 0 Å². The van der Waals surface area contributed by atoms with Crippen molar-refractivity contribution in [3.8, 4) is 5.75 Å². The van der Waals surface area contributed by atoms with Crippen molar-refractivity contribution in [1.82, 2.24) is 35.1 Å². The summed E-state index contributed by atoms with van der Waals surface area (Å²) in [6.07, 6.45) is 8.31. The minimum atomic E-state index is -0.556. The zero-order valence-electron chi connectivity index (χ0n) is 27.6. The standard InChI is InChI=1S/C34H44N8O4/c1-7-8-31(43)42-12-11-41(18-22(42)4)19-30(28-17-37-27(16-38-28)24-9-10-24)46-29-13-20(2)25(14-26(29)33(44)35-6)34(45)40-32-21(3)15-36-23(5)39-32/h13-17,22,24,30H,7-12,18-19H2,1-6H3,(H,35,44)(H,36,39,40,45)/t22-,30+/m1/s1. The molecule has 3 heterocycles. The number of carbonyl (C=O) groups is 3. The number of piperazine rings is 1. The molecule has 1 aliphatic heterocycles. The second-order valence-electron chi connectivity index (χ2n) is 12.3. The smallest absolute Gasteiger partial charge is 0.257 e. The first-order chi connectivity index (χ1) is 22.1. The summed E-state index contributed by atoms with van der Waals surface area (Å²) in [5, 5.41) is 5.54. The van der Waals surface area contributed by atoms with Gasteiger partial charge in [0.15, 0.2) is 6.10 Å². The van der Waals surface area contributed by atoms with Gasteiger partial charge in [0, 0.05) is 75.1 Å². The average molecular weight is 629 g/mol. The molecule has 3 amide bonds. The zero-order valence-corrected chi connectivity index (χ0v) is 27.6. The van der Waals surface area contributed by atoms with Crippen LogP contribution in [0.2, 0.25) is 0 Å². The lowest BCUT2D eigenvalue weighted by molar-refractivity contribution is -0.135. The normalized spacial score (nSPS) is 17.3. The number of hydrogen-bond acceptors (Lipinski definition) is 9. The van der Waals surface area contributed by atoms with Crippen LogP contribution in [0.5, 0.6) is 5.75 Å². The van der Waals surface area contributed by atoms with Crippen molar-refractivity contribution in [3.63, 3.8) is 0 Å². The van der Waals surface area contributed by atoms with Crippen molar-refractivity contribution >= 4 is 23.5 Å². The van der Waals surface area contributed by atoms with Gasteiger partial charge in [0.25, 0.3) is 11.8 Å². The highest BCUT2D eigenvalue weighted by Gasteiger charge is 2.31. The maximum absolute atomic E-state index is 13.4. The van der Waals surface area contributed by atoms with Crippen molar-refractivity contribution in [3.05, 3.63) is 70.2 Å². The number of nitrogens with zero attached hydrogens (tertiary/aromatic N) is 6. The van der Waals surface area contributed by atoms with Crippen LogP contribution in [-0.2, 0) is 4.79 Å². The number of nitrogens with one attached hydrogen (secondary N) is 2.